The highest BCUT2D eigenvalue weighted by molar-refractivity contribution is 5.97. The first-order valence-corrected chi connectivity index (χ1v) is 6.98. The Morgan fingerprint density at radius 1 is 1.30 bits per heavy atom. The summed E-state index contributed by atoms with van der Waals surface area (Å²) in [7, 11) is 3.70. The van der Waals surface area contributed by atoms with E-state index in [2.05, 4.69) is 16.8 Å². The molecule has 1 aliphatic rings. The number of anilines is 1. The van der Waals surface area contributed by atoms with Gasteiger partial charge in [-0.3, -0.25) is 4.79 Å². The minimum Gasteiger partial charge on any atom is -0.495 e. The number of hydrogen-bond donors (Lipinski definition) is 1. The zero-order chi connectivity index (χ0) is 14.5. The van der Waals surface area contributed by atoms with Crippen LogP contribution in [0, 0.1) is 0 Å². The lowest BCUT2D eigenvalue weighted by atomic mass is 10.1. The second-order valence-electron chi connectivity index (χ2n) is 5.27. The monoisotopic (exact) mass is 277 g/mol. The molecule has 1 aromatic carbocycles. The number of piperazine rings is 1. The van der Waals surface area contributed by atoms with E-state index in [0.717, 1.165) is 32.7 Å². The van der Waals surface area contributed by atoms with Crippen molar-refractivity contribution in [3.63, 3.8) is 0 Å². The van der Waals surface area contributed by atoms with Gasteiger partial charge in [0.2, 0.25) is 0 Å². The molecule has 1 heterocycles. The van der Waals surface area contributed by atoms with Crippen molar-refractivity contribution in [2.24, 2.45) is 0 Å². The highest BCUT2D eigenvalue weighted by Crippen LogP contribution is 2.22. The van der Waals surface area contributed by atoms with Gasteiger partial charge in [0.05, 0.1) is 12.8 Å². The third-order valence-corrected chi connectivity index (χ3v) is 3.80. The minimum absolute atomic E-state index is 0.137. The zero-order valence-electron chi connectivity index (χ0n) is 12.3. The summed E-state index contributed by atoms with van der Waals surface area (Å²) in [6.07, 6.45) is 0.537. The molecule has 1 saturated heterocycles. The molecule has 5 nitrogen and oxygen atoms in total. The van der Waals surface area contributed by atoms with Crippen LogP contribution in [-0.4, -0.2) is 62.5 Å². The van der Waals surface area contributed by atoms with Crippen molar-refractivity contribution in [1.29, 1.82) is 0 Å². The number of nitrogen functional groups attached to an aromatic ring is 1. The molecule has 110 valence electrons. The smallest absolute Gasteiger partial charge is 0.164 e. The van der Waals surface area contributed by atoms with Crippen LogP contribution in [0.2, 0.25) is 0 Å². The summed E-state index contributed by atoms with van der Waals surface area (Å²) in [6, 6.07) is 5.23. The van der Waals surface area contributed by atoms with E-state index in [4.69, 9.17) is 10.5 Å². The Balaban J connectivity index is 1.87. The third-order valence-electron chi connectivity index (χ3n) is 3.80. The number of carbonyl (C=O) groups excluding carboxylic acids is 1. The Morgan fingerprint density at radius 2 is 2.00 bits per heavy atom. The topological polar surface area (TPSA) is 58.8 Å². The lowest BCUT2D eigenvalue weighted by molar-refractivity contribution is 0.0942. The summed E-state index contributed by atoms with van der Waals surface area (Å²) in [5, 5.41) is 0. The van der Waals surface area contributed by atoms with E-state index in [1.54, 1.807) is 25.3 Å². The van der Waals surface area contributed by atoms with Crippen molar-refractivity contribution >= 4 is 11.5 Å². The van der Waals surface area contributed by atoms with Crippen molar-refractivity contribution in [1.82, 2.24) is 9.80 Å². The van der Waals surface area contributed by atoms with Crippen LogP contribution < -0.4 is 10.5 Å². The van der Waals surface area contributed by atoms with Gasteiger partial charge in [0.15, 0.2) is 5.78 Å². The molecule has 0 unspecified atom stereocenters. The van der Waals surface area contributed by atoms with Crippen molar-refractivity contribution in [2.45, 2.75) is 6.42 Å². The van der Waals surface area contributed by atoms with Crippen LogP contribution in [0.25, 0.3) is 0 Å². The third kappa shape index (κ3) is 3.71. The van der Waals surface area contributed by atoms with Crippen molar-refractivity contribution < 1.29 is 9.53 Å². The number of benzene rings is 1. The summed E-state index contributed by atoms with van der Waals surface area (Å²) in [6.45, 7) is 5.04. The fraction of sp³-hybridized carbons (Fsp3) is 0.533. The molecule has 5 heteroatoms. The van der Waals surface area contributed by atoms with Crippen LogP contribution >= 0.6 is 0 Å². The van der Waals surface area contributed by atoms with E-state index >= 15 is 0 Å². The molecule has 0 aromatic heterocycles. The van der Waals surface area contributed by atoms with Gasteiger partial charge in [0, 0.05) is 44.7 Å². The largest absolute Gasteiger partial charge is 0.495 e. The molecule has 0 aliphatic carbocycles. The Kier molecular flexibility index (Phi) is 4.98. The van der Waals surface area contributed by atoms with Gasteiger partial charge >= 0.3 is 0 Å². The summed E-state index contributed by atoms with van der Waals surface area (Å²) < 4.78 is 5.10. The van der Waals surface area contributed by atoms with E-state index in [9.17, 15) is 4.79 Å². The van der Waals surface area contributed by atoms with Crippen LogP contribution in [0.4, 0.5) is 5.69 Å². The molecule has 1 aromatic rings. The van der Waals surface area contributed by atoms with Crippen LogP contribution in [0.5, 0.6) is 5.75 Å². The second-order valence-corrected chi connectivity index (χ2v) is 5.27. The maximum absolute atomic E-state index is 12.2. The van der Waals surface area contributed by atoms with Gasteiger partial charge in [0.1, 0.15) is 5.75 Å². The fourth-order valence-electron chi connectivity index (χ4n) is 2.38. The molecule has 0 radical (unpaired) electrons. The fourth-order valence-corrected chi connectivity index (χ4v) is 2.38. The predicted octanol–water partition coefficient (Wildman–Crippen LogP) is 1.10. The number of methoxy groups -OCH3 is 1. The lowest BCUT2D eigenvalue weighted by Gasteiger charge is -2.32. The maximum atomic E-state index is 12.2. The molecule has 0 saturated carbocycles. The van der Waals surface area contributed by atoms with Crippen LogP contribution in [-0.2, 0) is 0 Å². The van der Waals surface area contributed by atoms with E-state index in [1.165, 1.54) is 0 Å². The van der Waals surface area contributed by atoms with Gasteiger partial charge in [-0.15, -0.1) is 0 Å². The maximum Gasteiger partial charge on any atom is 0.164 e. The molecule has 2 N–H and O–H groups in total. The number of ketones is 1. The summed E-state index contributed by atoms with van der Waals surface area (Å²) >= 11 is 0. The average Bonchev–Trinajstić information content (AvgIpc) is 2.46. The second kappa shape index (κ2) is 6.72. The van der Waals surface area contributed by atoms with E-state index in [0.29, 0.717) is 23.4 Å². The number of hydrogen-bond acceptors (Lipinski definition) is 5. The molecule has 0 amide bonds. The Hall–Kier alpha value is -1.59. The molecule has 1 fully saturated rings. The lowest BCUT2D eigenvalue weighted by Crippen LogP contribution is -2.45. The van der Waals surface area contributed by atoms with Gasteiger partial charge < -0.3 is 20.3 Å². The number of nitrogens with two attached hydrogens (primary N) is 1. The summed E-state index contributed by atoms with van der Waals surface area (Å²) in [4.78, 5) is 16.8. The van der Waals surface area contributed by atoms with E-state index < -0.39 is 0 Å². The standard InChI is InChI=1S/C15H23N3O2/c1-17-7-9-18(10-8-17)6-5-14(19)12-3-4-15(20-2)13(16)11-12/h3-4,11H,5-10,16H2,1-2H3. The van der Waals surface area contributed by atoms with Gasteiger partial charge in [0.25, 0.3) is 0 Å². The van der Waals surface area contributed by atoms with Crippen LogP contribution in [0.3, 0.4) is 0 Å². The molecule has 0 bridgehead atoms. The Labute approximate surface area is 120 Å². The van der Waals surface area contributed by atoms with Gasteiger partial charge in [-0.05, 0) is 25.2 Å². The van der Waals surface area contributed by atoms with Crippen molar-refractivity contribution in [2.75, 3.05) is 52.6 Å². The molecule has 20 heavy (non-hydrogen) atoms. The van der Waals surface area contributed by atoms with Gasteiger partial charge in [-0.2, -0.15) is 0 Å². The van der Waals surface area contributed by atoms with E-state index in [-0.39, 0.29) is 5.78 Å². The van der Waals surface area contributed by atoms with E-state index in [1.807, 2.05) is 0 Å². The van der Waals surface area contributed by atoms with Crippen LogP contribution in [0.15, 0.2) is 18.2 Å². The number of carbonyl (C=O) groups is 1. The molecular formula is C15H23N3O2. The summed E-state index contributed by atoms with van der Waals surface area (Å²) in [5.41, 5.74) is 7.01. The molecule has 0 spiro atoms. The number of nitrogens with zero attached hydrogens (tertiary/aromatic N) is 2. The Bertz CT molecular complexity index is 468. The number of rotatable bonds is 5. The highest BCUT2D eigenvalue weighted by atomic mass is 16.5. The minimum atomic E-state index is 0.137. The van der Waals surface area contributed by atoms with Crippen molar-refractivity contribution in [3.8, 4) is 5.75 Å². The first-order chi connectivity index (χ1) is 9.60. The normalized spacial score (nSPS) is 17.1. The molecule has 0 atom stereocenters. The zero-order valence-corrected chi connectivity index (χ0v) is 12.3. The Morgan fingerprint density at radius 3 is 2.60 bits per heavy atom. The number of likely N-dealkylation sites (N-methyl/N-ethyl adjacent to an activating group) is 1. The molecule has 2 rings (SSSR count). The number of ether oxygens (including phenoxy) is 1. The van der Waals surface area contributed by atoms with Gasteiger partial charge in [-0.25, -0.2) is 0 Å². The van der Waals surface area contributed by atoms with Crippen LogP contribution in [0.1, 0.15) is 16.8 Å². The summed E-state index contributed by atoms with van der Waals surface area (Å²) in [5.74, 6) is 0.749. The highest BCUT2D eigenvalue weighted by Gasteiger charge is 2.15. The number of Topliss-reactive ketones (excluding diaryl/α,β-unsaturated/α-hetero) is 1. The van der Waals surface area contributed by atoms with Crippen molar-refractivity contribution in [3.05, 3.63) is 23.8 Å². The molecule has 1 aliphatic heterocycles. The predicted molar refractivity (Wildman–Crippen MR) is 80.3 cm³/mol. The first-order valence-electron chi connectivity index (χ1n) is 6.98. The average molecular weight is 277 g/mol. The SMILES string of the molecule is COc1ccc(C(=O)CCN2CCN(C)CC2)cc1N. The molecular weight excluding hydrogens is 254 g/mol. The quantitative estimate of drug-likeness (QED) is 0.645. The van der Waals surface area contributed by atoms with Gasteiger partial charge in [-0.1, -0.05) is 0 Å². The first kappa shape index (κ1) is 14.8.